The Morgan fingerprint density at radius 1 is 1.56 bits per heavy atom. The van der Waals surface area contributed by atoms with Gasteiger partial charge in [-0.05, 0) is 44.0 Å². The van der Waals surface area contributed by atoms with Crippen LogP contribution in [0.15, 0.2) is 22.7 Å². The molecule has 4 heteroatoms. The molecule has 98 valence electrons. The minimum absolute atomic E-state index is 0.176. The number of benzene rings is 1. The van der Waals surface area contributed by atoms with E-state index in [0.29, 0.717) is 12.5 Å². The highest BCUT2D eigenvalue weighted by atomic mass is 79.9. The van der Waals surface area contributed by atoms with Crippen LogP contribution >= 0.6 is 15.9 Å². The predicted molar refractivity (Wildman–Crippen MR) is 77.9 cm³/mol. The summed E-state index contributed by atoms with van der Waals surface area (Å²) in [5, 5.41) is 3.36. The first-order chi connectivity index (χ1) is 8.58. The monoisotopic (exact) mass is 310 g/mol. The molecule has 0 radical (unpaired) electrons. The van der Waals surface area contributed by atoms with Crippen LogP contribution < -0.4 is 10.2 Å². The maximum atomic E-state index is 12.2. The Kier molecular flexibility index (Phi) is 4.40. The second kappa shape index (κ2) is 5.85. The first kappa shape index (κ1) is 13.6. The van der Waals surface area contributed by atoms with Gasteiger partial charge in [0.1, 0.15) is 0 Å². The molecule has 1 aliphatic rings. The Balaban J connectivity index is 2.07. The molecular formula is C14H19BrN2O. The lowest BCUT2D eigenvalue weighted by atomic mass is 10.1. The Hall–Kier alpha value is -0.870. The number of hydrogen-bond acceptors (Lipinski definition) is 2. The van der Waals surface area contributed by atoms with Crippen LogP contribution in [0.25, 0.3) is 0 Å². The summed E-state index contributed by atoms with van der Waals surface area (Å²) in [4.78, 5) is 14.0. The lowest BCUT2D eigenvalue weighted by Gasteiger charge is -2.21. The highest BCUT2D eigenvalue weighted by Crippen LogP contribution is 2.24. The van der Waals surface area contributed by atoms with E-state index in [1.54, 1.807) is 4.90 Å². The Morgan fingerprint density at radius 3 is 3.00 bits per heavy atom. The number of anilines is 1. The van der Waals surface area contributed by atoms with Crippen molar-refractivity contribution in [2.24, 2.45) is 0 Å². The molecule has 1 aliphatic heterocycles. The topological polar surface area (TPSA) is 32.3 Å². The number of nitrogens with zero attached hydrogens (tertiary/aromatic N) is 1. The summed E-state index contributed by atoms with van der Waals surface area (Å²) in [7, 11) is 1.85. The molecule has 1 N–H and O–H groups in total. The Bertz CT molecular complexity index is 441. The second-order valence-corrected chi connectivity index (χ2v) is 5.80. The zero-order valence-corrected chi connectivity index (χ0v) is 12.5. The number of nitrogens with one attached hydrogen (secondary N) is 1. The van der Waals surface area contributed by atoms with E-state index in [1.807, 2.05) is 32.2 Å². The number of carbonyl (C=O) groups excluding carboxylic acids is 1. The minimum atomic E-state index is 0.176. The first-order valence-corrected chi connectivity index (χ1v) is 7.13. The molecule has 1 heterocycles. The molecule has 1 atom stereocenters. The molecular weight excluding hydrogens is 292 g/mol. The van der Waals surface area contributed by atoms with Gasteiger partial charge in [-0.15, -0.1) is 0 Å². The van der Waals surface area contributed by atoms with E-state index in [1.165, 1.54) is 6.42 Å². The summed E-state index contributed by atoms with van der Waals surface area (Å²) in [6.07, 6.45) is 2.87. The van der Waals surface area contributed by atoms with Crippen molar-refractivity contribution in [3.63, 3.8) is 0 Å². The van der Waals surface area contributed by atoms with Gasteiger partial charge in [0.25, 0.3) is 0 Å². The van der Waals surface area contributed by atoms with Gasteiger partial charge in [0.15, 0.2) is 0 Å². The van der Waals surface area contributed by atoms with Crippen molar-refractivity contribution in [2.75, 3.05) is 18.5 Å². The average Bonchev–Trinajstić information content (AvgIpc) is 2.84. The molecule has 2 rings (SSSR count). The molecule has 0 aromatic heterocycles. The maximum Gasteiger partial charge on any atom is 0.228 e. The van der Waals surface area contributed by atoms with Crippen LogP contribution in [-0.2, 0) is 4.79 Å². The third-order valence-corrected chi connectivity index (χ3v) is 3.98. The van der Waals surface area contributed by atoms with Gasteiger partial charge < -0.3 is 10.2 Å². The van der Waals surface area contributed by atoms with Gasteiger partial charge >= 0.3 is 0 Å². The zero-order valence-electron chi connectivity index (χ0n) is 10.9. The van der Waals surface area contributed by atoms with E-state index >= 15 is 0 Å². The SMILES string of the molecule is Cc1ccc(Br)cc1N(C)C(=O)CC1CCCN1. The van der Waals surface area contributed by atoms with Crippen molar-refractivity contribution in [1.29, 1.82) is 0 Å². The summed E-state index contributed by atoms with van der Waals surface area (Å²) in [5.74, 6) is 0.176. The van der Waals surface area contributed by atoms with E-state index in [4.69, 9.17) is 0 Å². The molecule has 1 saturated heterocycles. The molecule has 0 aliphatic carbocycles. The molecule has 0 spiro atoms. The minimum Gasteiger partial charge on any atom is -0.315 e. The summed E-state index contributed by atoms with van der Waals surface area (Å²) >= 11 is 3.45. The van der Waals surface area contributed by atoms with Crippen molar-refractivity contribution in [2.45, 2.75) is 32.2 Å². The number of hydrogen-bond donors (Lipinski definition) is 1. The van der Waals surface area contributed by atoms with Crippen LogP contribution in [-0.4, -0.2) is 25.5 Å². The highest BCUT2D eigenvalue weighted by molar-refractivity contribution is 9.10. The first-order valence-electron chi connectivity index (χ1n) is 6.34. The molecule has 1 aromatic carbocycles. The second-order valence-electron chi connectivity index (χ2n) is 4.88. The largest absolute Gasteiger partial charge is 0.315 e. The fourth-order valence-electron chi connectivity index (χ4n) is 2.36. The molecule has 1 amide bonds. The quantitative estimate of drug-likeness (QED) is 0.931. The fraction of sp³-hybridized carbons (Fsp3) is 0.500. The number of halogens is 1. The summed E-state index contributed by atoms with van der Waals surface area (Å²) in [6.45, 7) is 3.07. The molecule has 3 nitrogen and oxygen atoms in total. The van der Waals surface area contributed by atoms with Gasteiger partial charge in [-0.2, -0.15) is 0 Å². The van der Waals surface area contributed by atoms with Gasteiger partial charge in [0.05, 0.1) is 0 Å². The third kappa shape index (κ3) is 3.12. The maximum absolute atomic E-state index is 12.2. The highest BCUT2D eigenvalue weighted by Gasteiger charge is 2.21. The van der Waals surface area contributed by atoms with Gasteiger partial charge in [-0.1, -0.05) is 22.0 Å². The average molecular weight is 311 g/mol. The van der Waals surface area contributed by atoms with E-state index in [2.05, 4.69) is 21.2 Å². The Labute approximate surface area is 117 Å². The van der Waals surface area contributed by atoms with Gasteiger partial charge in [-0.3, -0.25) is 4.79 Å². The van der Waals surface area contributed by atoms with Crippen LogP contribution in [0.1, 0.15) is 24.8 Å². The number of aryl methyl sites for hydroxylation is 1. The number of carbonyl (C=O) groups is 1. The lowest BCUT2D eigenvalue weighted by molar-refractivity contribution is -0.118. The molecule has 1 aromatic rings. The lowest BCUT2D eigenvalue weighted by Crippen LogP contribution is -2.33. The number of amides is 1. The van der Waals surface area contributed by atoms with Crippen LogP contribution in [0.2, 0.25) is 0 Å². The fourth-order valence-corrected chi connectivity index (χ4v) is 2.71. The summed E-state index contributed by atoms with van der Waals surface area (Å²) in [5.41, 5.74) is 2.10. The standard InChI is InChI=1S/C14H19BrN2O/c1-10-5-6-11(15)8-13(10)17(2)14(18)9-12-4-3-7-16-12/h5-6,8,12,16H,3-4,7,9H2,1-2H3. The smallest absolute Gasteiger partial charge is 0.228 e. The molecule has 1 fully saturated rings. The van der Waals surface area contributed by atoms with Crippen molar-refractivity contribution in [3.05, 3.63) is 28.2 Å². The van der Waals surface area contributed by atoms with E-state index in [-0.39, 0.29) is 5.91 Å². The molecule has 1 unspecified atom stereocenters. The van der Waals surface area contributed by atoms with E-state index in [9.17, 15) is 4.79 Å². The summed E-state index contributed by atoms with van der Waals surface area (Å²) in [6, 6.07) is 6.37. The third-order valence-electron chi connectivity index (χ3n) is 3.49. The zero-order chi connectivity index (χ0) is 13.1. The van der Waals surface area contributed by atoms with Crippen LogP contribution in [0, 0.1) is 6.92 Å². The van der Waals surface area contributed by atoms with Crippen LogP contribution in [0.3, 0.4) is 0 Å². The summed E-state index contributed by atoms with van der Waals surface area (Å²) < 4.78 is 1.00. The van der Waals surface area contributed by atoms with Crippen molar-refractivity contribution >= 4 is 27.5 Å². The van der Waals surface area contributed by atoms with Gasteiger partial charge in [0, 0.05) is 29.7 Å². The van der Waals surface area contributed by atoms with E-state index in [0.717, 1.165) is 28.7 Å². The van der Waals surface area contributed by atoms with Gasteiger partial charge in [-0.25, -0.2) is 0 Å². The van der Waals surface area contributed by atoms with Crippen molar-refractivity contribution in [3.8, 4) is 0 Å². The van der Waals surface area contributed by atoms with Crippen molar-refractivity contribution in [1.82, 2.24) is 5.32 Å². The predicted octanol–water partition coefficient (Wildman–Crippen LogP) is 2.86. The Morgan fingerprint density at radius 2 is 2.33 bits per heavy atom. The van der Waals surface area contributed by atoms with Crippen molar-refractivity contribution < 1.29 is 4.79 Å². The molecule has 0 saturated carbocycles. The van der Waals surface area contributed by atoms with Crippen LogP contribution in [0.5, 0.6) is 0 Å². The van der Waals surface area contributed by atoms with Gasteiger partial charge in [0.2, 0.25) is 5.91 Å². The van der Waals surface area contributed by atoms with E-state index < -0.39 is 0 Å². The van der Waals surface area contributed by atoms with Crippen LogP contribution in [0.4, 0.5) is 5.69 Å². The normalized spacial score (nSPS) is 18.9. The molecule has 0 bridgehead atoms. The molecule has 18 heavy (non-hydrogen) atoms. The number of rotatable bonds is 3.